The zero-order valence-corrected chi connectivity index (χ0v) is 8.24. The molecule has 0 aromatic carbocycles. The molecule has 0 aliphatic heterocycles. The molecule has 0 spiro atoms. The fourth-order valence-corrected chi connectivity index (χ4v) is 1.11. The maximum Gasteiger partial charge on any atom is 0.305 e. The summed E-state index contributed by atoms with van der Waals surface area (Å²) >= 11 is 0. The summed E-state index contributed by atoms with van der Waals surface area (Å²) < 4.78 is 0. The molecule has 0 amide bonds. The fourth-order valence-electron chi connectivity index (χ4n) is 1.11. The standard InChI is InChI=1S/C9H13N3O2/c1-6-5-8(12-7(2)11-6)10-4-3-9(13)14/h5H,3-4H2,1-2H3,(H,13,14)(H,10,11,12). The van der Waals surface area contributed by atoms with Crippen LogP contribution in [-0.2, 0) is 4.79 Å². The van der Waals surface area contributed by atoms with Crippen LogP contribution in [-0.4, -0.2) is 27.6 Å². The number of aliphatic carboxylic acids is 1. The van der Waals surface area contributed by atoms with E-state index in [1.165, 1.54) is 0 Å². The number of hydrogen-bond acceptors (Lipinski definition) is 4. The third-order valence-electron chi connectivity index (χ3n) is 1.61. The number of carboxylic acid groups (broad SMARTS) is 1. The Labute approximate surface area is 82.2 Å². The smallest absolute Gasteiger partial charge is 0.305 e. The first-order valence-electron chi connectivity index (χ1n) is 4.36. The Bertz CT molecular complexity index is 319. The summed E-state index contributed by atoms with van der Waals surface area (Å²) in [6, 6.07) is 1.79. The second-order valence-corrected chi connectivity index (χ2v) is 3.01. The first-order chi connectivity index (χ1) is 6.58. The van der Waals surface area contributed by atoms with E-state index in [1.807, 2.05) is 6.92 Å². The van der Waals surface area contributed by atoms with Crippen molar-refractivity contribution in [2.45, 2.75) is 20.3 Å². The molecule has 1 rings (SSSR count). The lowest BCUT2D eigenvalue weighted by Crippen LogP contribution is -2.09. The number of aromatic nitrogens is 2. The van der Waals surface area contributed by atoms with E-state index < -0.39 is 5.97 Å². The van der Waals surface area contributed by atoms with E-state index >= 15 is 0 Å². The molecule has 1 aromatic heterocycles. The molecule has 0 atom stereocenters. The van der Waals surface area contributed by atoms with Gasteiger partial charge in [0.1, 0.15) is 11.6 Å². The van der Waals surface area contributed by atoms with Crippen LogP contribution in [0.5, 0.6) is 0 Å². The molecular weight excluding hydrogens is 182 g/mol. The van der Waals surface area contributed by atoms with Gasteiger partial charge in [0.25, 0.3) is 0 Å². The second kappa shape index (κ2) is 4.55. The molecule has 0 saturated heterocycles. The van der Waals surface area contributed by atoms with Crippen molar-refractivity contribution >= 4 is 11.8 Å². The van der Waals surface area contributed by atoms with Gasteiger partial charge in [-0.1, -0.05) is 0 Å². The monoisotopic (exact) mass is 195 g/mol. The van der Waals surface area contributed by atoms with Gasteiger partial charge in [-0.2, -0.15) is 0 Å². The first kappa shape index (κ1) is 10.4. The Morgan fingerprint density at radius 1 is 1.50 bits per heavy atom. The van der Waals surface area contributed by atoms with Gasteiger partial charge >= 0.3 is 5.97 Å². The summed E-state index contributed by atoms with van der Waals surface area (Å²) in [4.78, 5) is 18.5. The van der Waals surface area contributed by atoms with Gasteiger partial charge in [-0.05, 0) is 13.8 Å². The molecule has 0 saturated carbocycles. The van der Waals surface area contributed by atoms with Gasteiger partial charge < -0.3 is 10.4 Å². The maximum absolute atomic E-state index is 10.3. The number of anilines is 1. The largest absolute Gasteiger partial charge is 0.481 e. The minimum Gasteiger partial charge on any atom is -0.481 e. The summed E-state index contributed by atoms with van der Waals surface area (Å²) in [5.74, 6) is 0.541. The molecule has 14 heavy (non-hydrogen) atoms. The van der Waals surface area contributed by atoms with Gasteiger partial charge in [-0.15, -0.1) is 0 Å². The Morgan fingerprint density at radius 2 is 2.21 bits per heavy atom. The Balaban J connectivity index is 2.54. The van der Waals surface area contributed by atoms with Gasteiger partial charge in [0.05, 0.1) is 6.42 Å². The predicted octanol–water partition coefficient (Wildman–Crippen LogP) is 0.980. The number of nitrogens with zero attached hydrogens (tertiary/aromatic N) is 2. The van der Waals surface area contributed by atoms with E-state index in [0.29, 0.717) is 18.2 Å². The lowest BCUT2D eigenvalue weighted by molar-refractivity contribution is -0.136. The van der Waals surface area contributed by atoms with Crippen molar-refractivity contribution in [3.8, 4) is 0 Å². The van der Waals surface area contributed by atoms with Crippen LogP contribution in [0.3, 0.4) is 0 Å². The highest BCUT2D eigenvalue weighted by molar-refractivity contribution is 5.67. The van der Waals surface area contributed by atoms with Crippen molar-refractivity contribution < 1.29 is 9.90 Å². The highest BCUT2D eigenvalue weighted by Crippen LogP contribution is 2.05. The van der Waals surface area contributed by atoms with Gasteiger partial charge in [0.2, 0.25) is 0 Å². The van der Waals surface area contributed by atoms with Crippen LogP contribution >= 0.6 is 0 Å². The van der Waals surface area contributed by atoms with Crippen LogP contribution in [0, 0.1) is 13.8 Å². The average molecular weight is 195 g/mol. The van der Waals surface area contributed by atoms with E-state index in [4.69, 9.17) is 5.11 Å². The quantitative estimate of drug-likeness (QED) is 0.749. The van der Waals surface area contributed by atoms with Gasteiger partial charge in [0, 0.05) is 18.3 Å². The number of nitrogens with one attached hydrogen (secondary N) is 1. The molecule has 0 aliphatic carbocycles. The van der Waals surface area contributed by atoms with E-state index in [-0.39, 0.29) is 6.42 Å². The van der Waals surface area contributed by atoms with Crippen LogP contribution < -0.4 is 5.32 Å². The minimum absolute atomic E-state index is 0.0854. The molecule has 0 unspecified atom stereocenters. The number of carbonyl (C=O) groups is 1. The average Bonchev–Trinajstić information content (AvgIpc) is 2.01. The molecule has 1 heterocycles. The van der Waals surface area contributed by atoms with Gasteiger partial charge in [-0.25, -0.2) is 9.97 Å². The number of rotatable bonds is 4. The third kappa shape index (κ3) is 3.38. The molecule has 0 radical (unpaired) electrons. The summed E-state index contributed by atoms with van der Waals surface area (Å²) in [7, 11) is 0. The topological polar surface area (TPSA) is 75.1 Å². The van der Waals surface area contributed by atoms with Crippen molar-refractivity contribution in [2.24, 2.45) is 0 Å². The molecule has 1 aromatic rings. The number of aryl methyl sites for hydroxylation is 2. The predicted molar refractivity (Wildman–Crippen MR) is 52.2 cm³/mol. The molecule has 2 N–H and O–H groups in total. The first-order valence-corrected chi connectivity index (χ1v) is 4.36. The zero-order chi connectivity index (χ0) is 10.6. The van der Waals surface area contributed by atoms with Crippen LogP contribution in [0.2, 0.25) is 0 Å². The summed E-state index contributed by atoms with van der Waals surface area (Å²) in [5.41, 5.74) is 0.871. The van der Waals surface area contributed by atoms with E-state index in [9.17, 15) is 4.79 Å². The van der Waals surface area contributed by atoms with Crippen molar-refractivity contribution in [2.75, 3.05) is 11.9 Å². The summed E-state index contributed by atoms with van der Waals surface area (Å²) in [5, 5.41) is 11.4. The molecule has 0 aliphatic rings. The summed E-state index contributed by atoms with van der Waals surface area (Å²) in [6.07, 6.45) is 0.0854. The number of carboxylic acids is 1. The van der Waals surface area contributed by atoms with Crippen LogP contribution in [0.4, 0.5) is 5.82 Å². The highest BCUT2D eigenvalue weighted by atomic mass is 16.4. The Kier molecular flexibility index (Phi) is 3.39. The van der Waals surface area contributed by atoms with E-state index in [0.717, 1.165) is 5.69 Å². The van der Waals surface area contributed by atoms with Gasteiger partial charge in [0.15, 0.2) is 0 Å². The Hall–Kier alpha value is -1.65. The molecule has 0 fully saturated rings. The van der Waals surface area contributed by atoms with Crippen molar-refractivity contribution in [1.82, 2.24) is 9.97 Å². The van der Waals surface area contributed by atoms with Crippen molar-refractivity contribution in [3.05, 3.63) is 17.6 Å². The molecule has 76 valence electrons. The third-order valence-corrected chi connectivity index (χ3v) is 1.61. The SMILES string of the molecule is Cc1cc(NCCC(=O)O)nc(C)n1. The Morgan fingerprint density at radius 3 is 2.79 bits per heavy atom. The minimum atomic E-state index is -0.819. The second-order valence-electron chi connectivity index (χ2n) is 3.01. The van der Waals surface area contributed by atoms with Crippen LogP contribution in [0.25, 0.3) is 0 Å². The van der Waals surface area contributed by atoms with Gasteiger partial charge in [-0.3, -0.25) is 4.79 Å². The highest BCUT2D eigenvalue weighted by Gasteiger charge is 1.99. The summed E-state index contributed by atoms with van der Waals surface area (Å²) in [6.45, 7) is 4.05. The van der Waals surface area contributed by atoms with Crippen molar-refractivity contribution in [3.63, 3.8) is 0 Å². The lowest BCUT2D eigenvalue weighted by Gasteiger charge is -2.04. The maximum atomic E-state index is 10.3. The molecular formula is C9H13N3O2. The van der Waals surface area contributed by atoms with E-state index in [1.54, 1.807) is 13.0 Å². The van der Waals surface area contributed by atoms with Crippen LogP contribution in [0.1, 0.15) is 17.9 Å². The van der Waals surface area contributed by atoms with Crippen LogP contribution in [0.15, 0.2) is 6.07 Å². The molecule has 0 bridgehead atoms. The normalized spacial score (nSPS) is 9.86. The molecule has 5 heteroatoms. The fraction of sp³-hybridized carbons (Fsp3) is 0.444. The van der Waals surface area contributed by atoms with Crippen molar-refractivity contribution in [1.29, 1.82) is 0 Å². The number of hydrogen-bond donors (Lipinski definition) is 2. The zero-order valence-electron chi connectivity index (χ0n) is 8.24. The molecule has 5 nitrogen and oxygen atoms in total. The van der Waals surface area contributed by atoms with E-state index in [2.05, 4.69) is 15.3 Å². The lowest BCUT2D eigenvalue weighted by atomic mass is 10.4.